The van der Waals surface area contributed by atoms with Crippen molar-refractivity contribution in [3.63, 3.8) is 0 Å². The summed E-state index contributed by atoms with van der Waals surface area (Å²) in [5.74, 6) is -1.09. The summed E-state index contributed by atoms with van der Waals surface area (Å²) < 4.78 is 113. The van der Waals surface area contributed by atoms with Gasteiger partial charge in [-0.15, -0.1) is 0 Å². The number of rotatable bonds is 9. The third kappa shape index (κ3) is 5.32. The highest BCUT2D eigenvalue weighted by Crippen LogP contribution is 2.71. The number of hydrogen-bond donors (Lipinski definition) is 0. The van der Waals surface area contributed by atoms with Gasteiger partial charge in [-0.05, 0) is 103 Å². The Balaban J connectivity index is 1.42. The Bertz CT molecular complexity index is 1470. The van der Waals surface area contributed by atoms with Gasteiger partial charge in [0, 0.05) is 14.7 Å². The molecule has 7 rings (SSSR count). The van der Waals surface area contributed by atoms with Gasteiger partial charge in [-0.2, -0.15) is 30.4 Å². The number of carbonyl (C=O) groups excluding carboxylic acids is 1. The molecule has 4 aliphatic rings. The summed E-state index contributed by atoms with van der Waals surface area (Å²) in [5, 5.41) is -5.68. The first-order valence-electron chi connectivity index (χ1n) is 14.4. The van der Waals surface area contributed by atoms with Gasteiger partial charge in [-0.3, -0.25) is 4.79 Å². The molecule has 4 fully saturated rings. The highest BCUT2D eigenvalue weighted by molar-refractivity contribution is 8.33. The number of alkyl halides is 5. The van der Waals surface area contributed by atoms with E-state index in [-0.39, 0.29) is 51.7 Å². The Hall–Kier alpha value is -2.96. The van der Waals surface area contributed by atoms with E-state index in [2.05, 4.69) is 4.74 Å². The third-order valence-corrected chi connectivity index (χ3v) is 14.3. The smallest absolute Gasteiger partial charge is 0.432 e. The molecule has 0 radical (unpaired) electrons. The lowest BCUT2D eigenvalue weighted by molar-refractivity contribution is -0.266. The van der Waals surface area contributed by atoms with Gasteiger partial charge in [-0.25, -0.2) is 3.63 Å². The number of esters is 1. The van der Waals surface area contributed by atoms with E-state index in [1.165, 1.54) is 36.4 Å². The van der Waals surface area contributed by atoms with Crippen LogP contribution in [-0.2, 0) is 23.3 Å². The molecule has 0 spiro atoms. The Morgan fingerprint density at radius 3 is 1.39 bits per heavy atom. The first kappa shape index (κ1) is 31.0. The normalized spacial score (nSPS) is 26.2. The minimum atomic E-state index is -6.44. The number of benzene rings is 3. The minimum absolute atomic E-state index is 0.109. The van der Waals surface area contributed by atoms with Crippen molar-refractivity contribution in [2.75, 3.05) is 0 Å². The molecule has 0 saturated heterocycles. The summed E-state index contributed by atoms with van der Waals surface area (Å²) in [5.41, 5.74) is -1.33. The molecule has 1 unspecified atom stereocenters. The van der Waals surface area contributed by atoms with E-state index >= 15 is 8.78 Å². The van der Waals surface area contributed by atoms with Crippen LogP contribution in [0.5, 0.6) is 0 Å². The maximum Gasteiger partial charge on any atom is 0.432 e. The van der Waals surface area contributed by atoms with Crippen LogP contribution in [0.2, 0.25) is 0 Å². The highest BCUT2D eigenvalue weighted by atomic mass is 32.3. The van der Waals surface area contributed by atoms with E-state index in [1.807, 2.05) is 0 Å². The second-order valence-electron chi connectivity index (χ2n) is 12.1. The van der Waals surface area contributed by atoms with Crippen molar-refractivity contribution >= 4 is 26.4 Å². The number of ether oxygens (including phenoxy) is 1. The monoisotopic (exact) mass is 654 g/mol. The molecule has 3 aromatic carbocycles. The van der Waals surface area contributed by atoms with Gasteiger partial charge >= 0.3 is 27.5 Å². The quantitative estimate of drug-likeness (QED) is 0.171. The van der Waals surface area contributed by atoms with Crippen molar-refractivity contribution in [1.29, 1.82) is 0 Å². The van der Waals surface area contributed by atoms with Crippen LogP contribution in [0.1, 0.15) is 38.5 Å². The van der Waals surface area contributed by atoms with E-state index in [1.54, 1.807) is 54.6 Å². The Labute approximate surface area is 254 Å². The van der Waals surface area contributed by atoms with Gasteiger partial charge in [0.2, 0.25) is 0 Å². The van der Waals surface area contributed by atoms with E-state index < -0.39 is 49.3 Å². The van der Waals surface area contributed by atoms with Gasteiger partial charge in [0.1, 0.15) is 0 Å². The van der Waals surface area contributed by atoms with E-state index in [0.717, 1.165) is 19.3 Å². The summed E-state index contributed by atoms with van der Waals surface area (Å²) in [6.45, 7) is 0. The Morgan fingerprint density at radius 2 is 1.05 bits per heavy atom. The van der Waals surface area contributed by atoms with Crippen LogP contribution in [-0.4, -0.2) is 31.9 Å². The van der Waals surface area contributed by atoms with Crippen molar-refractivity contribution in [3.05, 3.63) is 91.0 Å². The van der Waals surface area contributed by atoms with Crippen LogP contribution < -0.4 is 0 Å². The zero-order valence-corrected chi connectivity index (χ0v) is 25.1. The van der Waals surface area contributed by atoms with Gasteiger partial charge in [-0.1, -0.05) is 54.6 Å². The average molecular weight is 655 g/mol. The molecule has 236 valence electrons. The first-order valence-corrected chi connectivity index (χ1v) is 17.3. The summed E-state index contributed by atoms with van der Waals surface area (Å²) in [4.78, 5) is 13.9. The van der Waals surface area contributed by atoms with E-state index in [9.17, 15) is 26.4 Å². The minimum Gasteiger partial charge on any atom is -0.444 e. The summed E-state index contributed by atoms with van der Waals surface area (Å²) in [6.07, 6.45) is -6.89. The molecule has 5 nitrogen and oxygen atoms in total. The zero-order valence-electron chi connectivity index (χ0n) is 23.5. The highest BCUT2D eigenvalue weighted by Gasteiger charge is 2.69. The summed E-state index contributed by atoms with van der Waals surface area (Å²) in [7, 11) is -10.0. The Morgan fingerprint density at radius 1 is 0.682 bits per heavy atom. The molecule has 4 aliphatic carbocycles. The fraction of sp³-hybridized carbons (Fsp3) is 0.406. The molecular weight excluding hydrogens is 623 g/mol. The van der Waals surface area contributed by atoms with E-state index in [4.69, 9.17) is 3.63 Å². The lowest BCUT2D eigenvalue weighted by Gasteiger charge is -2.55. The van der Waals surface area contributed by atoms with Crippen molar-refractivity contribution in [2.24, 2.45) is 23.2 Å². The number of halogens is 5. The third-order valence-electron chi connectivity index (χ3n) is 9.05. The number of hydrogen-bond acceptors (Lipinski definition) is 5. The molecule has 4 bridgehead atoms. The second kappa shape index (κ2) is 11.1. The van der Waals surface area contributed by atoms with Crippen molar-refractivity contribution in [1.82, 2.24) is 0 Å². The molecule has 0 heterocycles. The molecule has 0 aliphatic heterocycles. The maximum absolute atomic E-state index is 16.1. The van der Waals surface area contributed by atoms with Gasteiger partial charge in [0.15, 0.2) is 0 Å². The SMILES string of the molecule is O=C(OC(C(F)(F)F)C(F)(F)S(=O)(=O)OS(c1ccccc1)(c1ccccc1)c1ccccc1)C12CC3CC(CC(C3)C1)C2. The largest absolute Gasteiger partial charge is 0.444 e. The topological polar surface area (TPSA) is 69.7 Å². The fourth-order valence-corrected chi connectivity index (χ4v) is 12.9. The van der Waals surface area contributed by atoms with E-state index in [0.29, 0.717) is 0 Å². The standard InChI is InChI=1S/C32H31F5O5S2/c33-31(34,35)28(41-29(38)30-19-22-16-23(20-30)18-24(17-22)21-30)32(36,37)44(39,40)42-43(25-10-4-1-5-11-25,26-12-6-2-7-13-26)27-14-8-3-9-15-27/h1-15,22-24,28H,16-21H2. The van der Waals surface area contributed by atoms with Crippen molar-refractivity contribution in [2.45, 2.75) is 70.7 Å². The predicted molar refractivity (Wildman–Crippen MR) is 153 cm³/mol. The van der Waals surface area contributed by atoms with Gasteiger partial charge < -0.3 is 4.74 Å². The molecule has 1 atom stereocenters. The maximum atomic E-state index is 16.1. The molecule has 4 saturated carbocycles. The molecule has 0 amide bonds. The van der Waals surface area contributed by atoms with Crippen LogP contribution in [0.15, 0.2) is 106 Å². The summed E-state index contributed by atoms with van der Waals surface area (Å²) >= 11 is 0. The fourth-order valence-electron chi connectivity index (χ4n) is 7.59. The van der Waals surface area contributed by atoms with Gasteiger partial charge in [0.25, 0.3) is 6.10 Å². The number of carbonyl (C=O) groups is 1. The van der Waals surface area contributed by atoms with Crippen LogP contribution in [0.4, 0.5) is 22.0 Å². The van der Waals surface area contributed by atoms with Crippen molar-refractivity contribution < 1.29 is 43.5 Å². The lowest BCUT2D eigenvalue weighted by Crippen LogP contribution is -2.56. The second-order valence-corrected chi connectivity index (χ2v) is 16.6. The predicted octanol–water partition coefficient (Wildman–Crippen LogP) is 8.51. The molecule has 44 heavy (non-hydrogen) atoms. The average Bonchev–Trinajstić information content (AvgIpc) is 2.98. The lowest BCUT2D eigenvalue weighted by atomic mass is 9.49. The molecule has 3 aromatic rings. The first-order chi connectivity index (χ1) is 20.8. The molecule has 0 aromatic heterocycles. The van der Waals surface area contributed by atoms with Crippen LogP contribution in [0, 0.1) is 23.2 Å². The van der Waals surface area contributed by atoms with Crippen LogP contribution in [0.25, 0.3) is 0 Å². The molecule has 12 heteroatoms. The van der Waals surface area contributed by atoms with Gasteiger partial charge in [0.05, 0.1) is 5.41 Å². The summed E-state index contributed by atoms with van der Waals surface area (Å²) in [6, 6.07) is 22.9. The van der Waals surface area contributed by atoms with Crippen LogP contribution in [0.3, 0.4) is 0 Å². The zero-order chi connectivity index (χ0) is 31.4. The van der Waals surface area contributed by atoms with Crippen molar-refractivity contribution in [3.8, 4) is 0 Å². The molecule has 0 N–H and O–H groups in total. The Kier molecular flexibility index (Phi) is 7.85. The molecular formula is C32H31F5O5S2. The van der Waals surface area contributed by atoms with Crippen LogP contribution >= 0.6 is 10.3 Å².